The van der Waals surface area contributed by atoms with Crippen LogP contribution in [0.2, 0.25) is 0 Å². The second-order valence-corrected chi connectivity index (χ2v) is 7.15. The first-order valence-electron chi connectivity index (χ1n) is 9.63. The summed E-state index contributed by atoms with van der Waals surface area (Å²) < 4.78 is 2.81. The summed E-state index contributed by atoms with van der Waals surface area (Å²) in [6, 6.07) is 12.6. The summed E-state index contributed by atoms with van der Waals surface area (Å²) in [4.78, 5) is 12.2. The summed E-state index contributed by atoms with van der Waals surface area (Å²) in [5.41, 5.74) is 5.33. The molecule has 0 bridgehead atoms. The van der Waals surface area contributed by atoms with Crippen LogP contribution in [0.3, 0.4) is 0 Å². The minimum atomic E-state index is 0.699. The van der Waals surface area contributed by atoms with Crippen molar-refractivity contribution in [2.24, 2.45) is 0 Å². The van der Waals surface area contributed by atoms with E-state index in [1.807, 2.05) is 0 Å². The molecule has 3 N–H and O–H groups in total. The maximum Gasteiger partial charge on any atom is 0.178 e. The highest BCUT2D eigenvalue weighted by atomic mass is 32.1. The molecule has 2 heterocycles. The molecule has 6 nitrogen and oxygen atoms in total. The van der Waals surface area contributed by atoms with Gasteiger partial charge >= 0.3 is 0 Å². The molecule has 2 aromatic carbocycles. The zero-order valence-corrected chi connectivity index (χ0v) is 16.9. The van der Waals surface area contributed by atoms with Crippen LogP contribution < -0.4 is 10.6 Å². The molecule has 144 valence electrons. The summed E-state index contributed by atoms with van der Waals surface area (Å²) >= 11 is 5.43. The van der Waals surface area contributed by atoms with Crippen LogP contribution in [0.4, 0.5) is 11.5 Å². The van der Waals surface area contributed by atoms with Gasteiger partial charge in [-0.2, -0.15) is 0 Å². The molecule has 4 aromatic rings. The van der Waals surface area contributed by atoms with Crippen molar-refractivity contribution >= 4 is 45.7 Å². The van der Waals surface area contributed by atoms with Crippen molar-refractivity contribution in [2.75, 3.05) is 17.2 Å². The van der Waals surface area contributed by atoms with E-state index >= 15 is 0 Å². The standard InChI is InChI=1S/C21H24N6S/c1-3-9-22-15-7-5-14(6-8-15)12-23-20-16-10-18-19(11-17(16)24-13-25-20)27(4-2)21(28)26-18/h5-8,10-11,13,22H,3-4,9,12H2,1-2H3,(H,26,28)(H,23,24,25). The molecule has 0 aliphatic rings. The zero-order chi connectivity index (χ0) is 19.5. The van der Waals surface area contributed by atoms with E-state index in [2.05, 4.69) is 80.4 Å². The van der Waals surface area contributed by atoms with Crippen molar-refractivity contribution in [3.05, 3.63) is 53.1 Å². The second kappa shape index (κ2) is 7.98. The number of fused-ring (bicyclic) bond motifs is 2. The topological polar surface area (TPSA) is 70.6 Å². The SMILES string of the molecule is CCCNc1ccc(CNc2ncnc3cc4c(cc23)[nH]c(=S)n4CC)cc1. The number of rotatable bonds is 7. The minimum Gasteiger partial charge on any atom is -0.385 e. The lowest BCUT2D eigenvalue weighted by Gasteiger charge is -2.10. The van der Waals surface area contributed by atoms with Gasteiger partial charge in [0.2, 0.25) is 0 Å². The number of H-pyrrole nitrogens is 1. The predicted molar refractivity (Wildman–Crippen MR) is 118 cm³/mol. The van der Waals surface area contributed by atoms with E-state index in [4.69, 9.17) is 12.2 Å². The van der Waals surface area contributed by atoms with Crippen molar-refractivity contribution in [3.8, 4) is 0 Å². The number of nitrogens with one attached hydrogen (secondary N) is 3. The maximum atomic E-state index is 5.43. The number of imidazole rings is 1. The average Bonchev–Trinajstić information content (AvgIpc) is 3.03. The summed E-state index contributed by atoms with van der Waals surface area (Å²) in [5, 5.41) is 7.82. The molecule has 0 spiro atoms. The van der Waals surface area contributed by atoms with E-state index in [1.165, 1.54) is 5.56 Å². The molecule has 0 saturated carbocycles. The smallest absolute Gasteiger partial charge is 0.178 e. The van der Waals surface area contributed by atoms with Gasteiger partial charge in [0, 0.05) is 30.7 Å². The number of aromatic amines is 1. The van der Waals surface area contributed by atoms with Gasteiger partial charge < -0.3 is 20.2 Å². The zero-order valence-electron chi connectivity index (χ0n) is 16.1. The van der Waals surface area contributed by atoms with Gasteiger partial charge in [-0.3, -0.25) is 0 Å². The first kappa shape index (κ1) is 18.4. The van der Waals surface area contributed by atoms with Crippen LogP contribution in [0.1, 0.15) is 25.8 Å². The molecule has 0 atom stereocenters. The molecule has 2 aromatic heterocycles. The van der Waals surface area contributed by atoms with Crippen LogP contribution in [0.5, 0.6) is 0 Å². The molecule has 0 fully saturated rings. The van der Waals surface area contributed by atoms with Crippen LogP contribution in [-0.2, 0) is 13.1 Å². The van der Waals surface area contributed by atoms with Crippen LogP contribution in [0.15, 0.2) is 42.7 Å². The highest BCUT2D eigenvalue weighted by Gasteiger charge is 2.09. The minimum absolute atomic E-state index is 0.699. The number of nitrogens with zero attached hydrogens (tertiary/aromatic N) is 3. The van der Waals surface area contributed by atoms with Crippen molar-refractivity contribution in [1.29, 1.82) is 0 Å². The highest BCUT2D eigenvalue weighted by Crippen LogP contribution is 2.26. The quantitative estimate of drug-likeness (QED) is 0.382. The summed E-state index contributed by atoms with van der Waals surface area (Å²) in [6.07, 6.45) is 2.72. The van der Waals surface area contributed by atoms with Crippen molar-refractivity contribution in [2.45, 2.75) is 33.4 Å². The molecule has 0 unspecified atom stereocenters. The number of hydrogen-bond acceptors (Lipinski definition) is 5. The average molecular weight is 393 g/mol. The Morgan fingerprint density at radius 2 is 1.89 bits per heavy atom. The number of aryl methyl sites for hydroxylation is 1. The third kappa shape index (κ3) is 3.57. The third-order valence-electron chi connectivity index (χ3n) is 4.84. The molecule has 0 saturated heterocycles. The summed E-state index contributed by atoms with van der Waals surface area (Å²) in [6.45, 7) is 6.76. The van der Waals surface area contributed by atoms with E-state index in [-0.39, 0.29) is 0 Å². The van der Waals surface area contributed by atoms with Crippen molar-refractivity contribution < 1.29 is 0 Å². The Morgan fingerprint density at radius 1 is 1.07 bits per heavy atom. The fourth-order valence-corrected chi connectivity index (χ4v) is 3.70. The van der Waals surface area contributed by atoms with E-state index in [0.29, 0.717) is 6.54 Å². The van der Waals surface area contributed by atoms with E-state index in [9.17, 15) is 0 Å². The van der Waals surface area contributed by atoms with E-state index in [0.717, 1.165) is 57.7 Å². The lowest BCUT2D eigenvalue weighted by Crippen LogP contribution is -2.03. The van der Waals surface area contributed by atoms with Gasteiger partial charge in [-0.05, 0) is 55.4 Å². The van der Waals surface area contributed by atoms with E-state index in [1.54, 1.807) is 6.33 Å². The van der Waals surface area contributed by atoms with Gasteiger partial charge in [-0.15, -0.1) is 0 Å². The predicted octanol–water partition coefficient (Wildman–Crippen LogP) is 5.10. The Morgan fingerprint density at radius 3 is 2.64 bits per heavy atom. The molecule has 28 heavy (non-hydrogen) atoms. The Hall–Kier alpha value is -2.93. The van der Waals surface area contributed by atoms with Gasteiger partial charge in [-0.1, -0.05) is 19.1 Å². The fraction of sp³-hybridized carbons (Fsp3) is 0.286. The molecule has 0 radical (unpaired) electrons. The van der Waals surface area contributed by atoms with E-state index < -0.39 is 0 Å². The maximum absolute atomic E-state index is 5.43. The first-order chi connectivity index (χ1) is 13.7. The van der Waals surface area contributed by atoms with Gasteiger partial charge in [-0.25, -0.2) is 9.97 Å². The second-order valence-electron chi connectivity index (χ2n) is 6.76. The van der Waals surface area contributed by atoms with Crippen LogP contribution in [-0.4, -0.2) is 26.1 Å². The summed E-state index contributed by atoms with van der Waals surface area (Å²) in [5.74, 6) is 0.823. The van der Waals surface area contributed by atoms with Gasteiger partial charge in [0.05, 0.1) is 16.6 Å². The van der Waals surface area contributed by atoms with Crippen molar-refractivity contribution in [3.63, 3.8) is 0 Å². The number of hydrogen-bond donors (Lipinski definition) is 3. The lowest BCUT2D eigenvalue weighted by molar-refractivity contribution is 0.774. The monoisotopic (exact) mass is 392 g/mol. The third-order valence-corrected chi connectivity index (χ3v) is 5.16. The van der Waals surface area contributed by atoms with Crippen LogP contribution in [0, 0.1) is 4.77 Å². The Bertz CT molecular complexity index is 1160. The Kier molecular flexibility index (Phi) is 5.25. The molecule has 0 aliphatic heterocycles. The summed E-state index contributed by atoms with van der Waals surface area (Å²) in [7, 11) is 0. The van der Waals surface area contributed by atoms with Gasteiger partial charge in [0.1, 0.15) is 12.1 Å². The first-order valence-corrected chi connectivity index (χ1v) is 10.0. The van der Waals surface area contributed by atoms with Crippen LogP contribution >= 0.6 is 12.2 Å². The Balaban J connectivity index is 1.60. The van der Waals surface area contributed by atoms with Gasteiger partial charge in [0.25, 0.3) is 0 Å². The highest BCUT2D eigenvalue weighted by molar-refractivity contribution is 7.71. The van der Waals surface area contributed by atoms with Crippen LogP contribution in [0.25, 0.3) is 21.9 Å². The number of anilines is 2. The normalized spacial score (nSPS) is 11.2. The Labute approximate surface area is 169 Å². The molecule has 4 rings (SSSR count). The molecular weight excluding hydrogens is 368 g/mol. The molecule has 0 amide bonds. The van der Waals surface area contributed by atoms with Gasteiger partial charge in [0.15, 0.2) is 4.77 Å². The number of benzene rings is 2. The molecule has 7 heteroatoms. The molecular formula is C21H24N6S. The fourth-order valence-electron chi connectivity index (χ4n) is 3.36. The number of aromatic nitrogens is 4. The molecule has 0 aliphatic carbocycles. The lowest BCUT2D eigenvalue weighted by atomic mass is 10.2. The van der Waals surface area contributed by atoms with Crippen molar-refractivity contribution in [1.82, 2.24) is 19.5 Å². The largest absolute Gasteiger partial charge is 0.385 e.